The van der Waals surface area contributed by atoms with Gasteiger partial charge in [0.2, 0.25) is 0 Å². The molecule has 0 bridgehead atoms. The Morgan fingerprint density at radius 2 is 1.17 bits per heavy atom. The fourth-order valence-electron chi connectivity index (χ4n) is 4.24. The van der Waals surface area contributed by atoms with Crippen LogP contribution in [0.3, 0.4) is 0 Å². The Morgan fingerprint density at radius 3 is 2.04 bits per heavy atom. The van der Waals surface area contributed by atoms with Gasteiger partial charge in [-0.3, -0.25) is 4.79 Å². The van der Waals surface area contributed by atoms with Gasteiger partial charge in [0, 0.05) is 21.5 Å². The van der Waals surface area contributed by atoms with Gasteiger partial charge in [-0.25, -0.2) is 0 Å². The molecular weight excluding hydrogens is 292 g/mol. The highest BCUT2D eigenvalue weighted by atomic mass is 16.1. The Kier molecular flexibility index (Phi) is 2.05. The largest absolute Gasteiger partial charge is 0.289 e. The topological polar surface area (TPSA) is 17.1 Å². The summed E-state index contributed by atoms with van der Waals surface area (Å²) in [6.07, 6.45) is 0. The molecule has 0 N–H and O–H groups in total. The van der Waals surface area contributed by atoms with Crippen molar-refractivity contribution >= 4 is 53.9 Å². The molecule has 0 spiro atoms. The van der Waals surface area contributed by atoms with Crippen LogP contribution in [0.2, 0.25) is 0 Å². The summed E-state index contributed by atoms with van der Waals surface area (Å²) in [6.45, 7) is 0. The van der Waals surface area contributed by atoms with E-state index in [-0.39, 0.29) is 5.43 Å². The van der Waals surface area contributed by atoms with Crippen LogP contribution in [0.15, 0.2) is 77.6 Å². The molecule has 0 heterocycles. The lowest BCUT2D eigenvalue weighted by Gasteiger charge is -2.07. The maximum absolute atomic E-state index is 13.1. The highest BCUT2D eigenvalue weighted by molar-refractivity contribution is 6.32. The van der Waals surface area contributed by atoms with E-state index < -0.39 is 0 Å². The van der Waals surface area contributed by atoms with Crippen LogP contribution >= 0.6 is 0 Å². The third kappa shape index (κ3) is 1.34. The van der Waals surface area contributed by atoms with Crippen molar-refractivity contribution in [1.82, 2.24) is 0 Å². The molecule has 0 unspecified atom stereocenters. The van der Waals surface area contributed by atoms with Gasteiger partial charge in [0.15, 0.2) is 5.43 Å². The quantitative estimate of drug-likeness (QED) is 0.260. The van der Waals surface area contributed by atoms with E-state index in [1.54, 1.807) is 0 Å². The highest BCUT2D eigenvalue weighted by Crippen LogP contribution is 2.38. The van der Waals surface area contributed by atoms with E-state index in [1.807, 2.05) is 18.2 Å². The first-order chi connectivity index (χ1) is 11.8. The van der Waals surface area contributed by atoms with Crippen LogP contribution < -0.4 is 5.43 Å². The maximum Gasteiger partial charge on any atom is 0.194 e. The second kappa shape index (κ2) is 4.01. The molecule has 1 nitrogen and oxygen atoms in total. The minimum absolute atomic E-state index is 0.160. The van der Waals surface area contributed by atoms with Crippen molar-refractivity contribution in [2.45, 2.75) is 0 Å². The summed E-state index contributed by atoms with van der Waals surface area (Å²) in [7, 11) is 0. The Hall–Kier alpha value is -3.19. The SMILES string of the molecule is O=c1c2cccc3ccc4cc5cc6ccccc6cc5c1c4c32. The Morgan fingerprint density at radius 1 is 0.458 bits per heavy atom. The van der Waals surface area contributed by atoms with E-state index in [9.17, 15) is 4.79 Å². The zero-order valence-corrected chi connectivity index (χ0v) is 12.8. The van der Waals surface area contributed by atoms with E-state index >= 15 is 0 Å². The molecule has 0 fully saturated rings. The van der Waals surface area contributed by atoms with Crippen molar-refractivity contribution in [2.75, 3.05) is 0 Å². The molecule has 0 aromatic heterocycles. The zero-order chi connectivity index (χ0) is 15.8. The molecule has 0 aliphatic rings. The summed E-state index contributed by atoms with van der Waals surface area (Å²) in [6, 6.07) is 25.2. The van der Waals surface area contributed by atoms with Crippen molar-refractivity contribution in [3.63, 3.8) is 0 Å². The molecule has 0 saturated heterocycles. The van der Waals surface area contributed by atoms with E-state index in [0.717, 1.165) is 43.1 Å². The average Bonchev–Trinajstić information content (AvgIpc) is 2.93. The van der Waals surface area contributed by atoms with Crippen LogP contribution in [0.25, 0.3) is 53.9 Å². The molecular formula is C23H12O. The van der Waals surface area contributed by atoms with Gasteiger partial charge in [0.05, 0.1) is 0 Å². The van der Waals surface area contributed by atoms with Gasteiger partial charge in [-0.05, 0) is 50.5 Å². The van der Waals surface area contributed by atoms with E-state index in [4.69, 9.17) is 0 Å². The zero-order valence-electron chi connectivity index (χ0n) is 12.8. The number of hydrogen-bond donors (Lipinski definition) is 0. The van der Waals surface area contributed by atoms with Crippen LogP contribution in [0.1, 0.15) is 0 Å². The highest BCUT2D eigenvalue weighted by Gasteiger charge is 2.17. The lowest BCUT2D eigenvalue weighted by Crippen LogP contribution is -1.94. The number of benzene rings is 5. The predicted octanol–water partition coefficient (Wildman–Crippen LogP) is 5.69. The first-order valence-electron chi connectivity index (χ1n) is 8.17. The summed E-state index contributed by atoms with van der Waals surface area (Å²) in [4.78, 5) is 13.1. The van der Waals surface area contributed by atoms with Gasteiger partial charge in [-0.1, -0.05) is 54.6 Å². The molecule has 0 aliphatic carbocycles. The molecule has 6 aromatic rings. The Balaban J connectivity index is 2.03. The third-order valence-electron chi connectivity index (χ3n) is 5.30. The average molecular weight is 304 g/mol. The van der Waals surface area contributed by atoms with E-state index in [1.165, 1.54) is 10.8 Å². The van der Waals surface area contributed by atoms with E-state index in [2.05, 4.69) is 54.6 Å². The van der Waals surface area contributed by atoms with Gasteiger partial charge in [0.1, 0.15) is 0 Å². The first-order valence-corrected chi connectivity index (χ1v) is 8.17. The normalized spacial score (nSPS) is 12.3. The van der Waals surface area contributed by atoms with Gasteiger partial charge >= 0.3 is 0 Å². The third-order valence-corrected chi connectivity index (χ3v) is 5.30. The summed E-state index contributed by atoms with van der Waals surface area (Å²) in [5.41, 5.74) is 0.160. The monoisotopic (exact) mass is 304 g/mol. The van der Waals surface area contributed by atoms with Gasteiger partial charge in [-0.2, -0.15) is 0 Å². The molecule has 110 valence electrons. The molecule has 6 rings (SSSR count). The molecule has 0 radical (unpaired) electrons. The smallest absolute Gasteiger partial charge is 0.194 e. The van der Waals surface area contributed by atoms with Crippen LogP contribution in [-0.2, 0) is 0 Å². The van der Waals surface area contributed by atoms with Crippen LogP contribution in [0, 0.1) is 0 Å². The second-order valence-corrected chi connectivity index (χ2v) is 6.57. The molecule has 0 atom stereocenters. The fraction of sp³-hybridized carbons (Fsp3) is 0. The van der Waals surface area contributed by atoms with Crippen molar-refractivity contribution in [3.05, 3.63) is 83.0 Å². The summed E-state index contributed by atoms with van der Waals surface area (Å²) < 4.78 is 0. The minimum Gasteiger partial charge on any atom is -0.289 e. The lowest BCUT2D eigenvalue weighted by atomic mass is 9.96. The molecule has 0 amide bonds. The van der Waals surface area contributed by atoms with Gasteiger partial charge in [0.25, 0.3) is 0 Å². The van der Waals surface area contributed by atoms with Crippen molar-refractivity contribution in [3.8, 4) is 0 Å². The molecule has 24 heavy (non-hydrogen) atoms. The summed E-state index contributed by atoms with van der Waals surface area (Å²) in [5, 5.41) is 10.8. The minimum atomic E-state index is 0.160. The predicted molar refractivity (Wildman–Crippen MR) is 103 cm³/mol. The number of rotatable bonds is 0. The molecule has 1 heteroatoms. The van der Waals surface area contributed by atoms with Crippen molar-refractivity contribution in [1.29, 1.82) is 0 Å². The van der Waals surface area contributed by atoms with E-state index in [0.29, 0.717) is 0 Å². The lowest BCUT2D eigenvalue weighted by molar-refractivity contribution is 1.80. The number of hydrogen-bond acceptors (Lipinski definition) is 1. The molecule has 0 aliphatic heterocycles. The van der Waals surface area contributed by atoms with Crippen LogP contribution in [0.4, 0.5) is 0 Å². The summed E-state index contributed by atoms with van der Waals surface area (Å²) >= 11 is 0. The van der Waals surface area contributed by atoms with Gasteiger partial charge < -0.3 is 0 Å². The Bertz CT molecular complexity index is 1460. The second-order valence-electron chi connectivity index (χ2n) is 6.57. The van der Waals surface area contributed by atoms with Crippen LogP contribution in [0.5, 0.6) is 0 Å². The summed E-state index contributed by atoms with van der Waals surface area (Å²) in [5.74, 6) is 0. The molecule has 0 saturated carbocycles. The first kappa shape index (κ1) is 12.3. The van der Waals surface area contributed by atoms with Crippen molar-refractivity contribution < 1.29 is 0 Å². The standard InChI is InChI=1S/C23H12O/c24-23-18-7-3-6-13-8-9-16-11-17-10-14-4-1-2-5-15(14)12-19(17)22(23)21(16)20(13)18/h1-12H. The Labute approximate surface area is 137 Å². The maximum atomic E-state index is 13.1. The van der Waals surface area contributed by atoms with Crippen LogP contribution in [-0.4, -0.2) is 0 Å². The molecule has 6 aromatic carbocycles. The fourth-order valence-corrected chi connectivity index (χ4v) is 4.24. The van der Waals surface area contributed by atoms with Gasteiger partial charge in [-0.15, -0.1) is 0 Å². The van der Waals surface area contributed by atoms with Crippen molar-refractivity contribution in [2.24, 2.45) is 0 Å². The number of fused-ring (bicyclic) bond motifs is 3.